The zero-order valence-electron chi connectivity index (χ0n) is 13.3. The largest absolute Gasteiger partial charge is 0.508 e. The Morgan fingerprint density at radius 3 is 2.43 bits per heavy atom. The molecule has 1 amide bonds. The maximum absolute atomic E-state index is 12.2. The molecule has 118 valence electrons. The van der Waals surface area contributed by atoms with Crippen molar-refractivity contribution in [2.24, 2.45) is 0 Å². The number of aliphatic hydroxyl groups is 1. The summed E-state index contributed by atoms with van der Waals surface area (Å²) in [5, 5.41) is 19.7. The first kappa shape index (κ1) is 17.3. The number of phenols is 1. The Morgan fingerprint density at radius 1 is 1.33 bits per heavy atom. The van der Waals surface area contributed by atoms with Gasteiger partial charge in [0.2, 0.25) is 0 Å². The van der Waals surface area contributed by atoms with Gasteiger partial charge in [0, 0.05) is 6.04 Å². The summed E-state index contributed by atoms with van der Waals surface area (Å²) in [7, 11) is 0. The first-order valence-electron chi connectivity index (χ1n) is 7.07. The number of amides is 1. The topological polar surface area (TPSA) is 70.0 Å². The van der Waals surface area contributed by atoms with Crippen LogP contribution in [0.4, 0.5) is 4.79 Å². The Kier molecular flexibility index (Phi) is 5.61. The SMILES string of the molecule is CC(C)N(CC(O)c1cccc(O)c1)C(=O)OC(C)(C)C. The van der Waals surface area contributed by atoms with E-state index in [0.29, 0.717) is 5.56 Å². The van der Waals surface area contributed by atoms with E-state index in [1.54, 1.807) is 32.9 Å². The van der Waals surface area contributed by atoms with Gasteiger partial charge in [-0.2, -0.15) is 0 Å². The molecule has 1 atom stereocenters. The van der Waals surface area contributed by atoms with Gasteiger partial charge in [0.25, 0.3) is 0 Å². The van der Waals surface area contributed by atoms with Gasteiger partial charge in [0.05, 0.1) is 12.6 Å². The van der Waals surface area contributed by atoms with E-state index in [0.717, 1.165) is 0 Å². The van der Waals surface area contributed by atoms with Crippen LogP contribution >= 0.6 is 0 Å². The number of ether oxygens (including phenoxy) is 1. The van der Waals surface area contributed by atoms with Crippen LogP contribution in [0.25, 0.3) is 0 Å². The number of carbonyl (C=O) groups is 1. The van der Waals surface area contributed by atoms with Gasteiger partial charge in [-0.15, -0.1) is 0 Å². The van der Waals surface area contributed by atoms with Crippen LogP contribution in [-0.2, 0) is 4.74 Å². The van der Waals surface area contributed by atoms with Gasteiger partial charge in [0.1, 0.15) is 11.4 Å². The third-order valence-corrected chi connectivity index (χ3v) is 2.88. The summed E-state index contributed by atoms with van der Waals surface area (Å²) in [4.78, 5) is 13.6. The number of phenolic OH excluding ortho intramolecular Hbond substituents is 1. The number of aliphatic hydroxyl groups excluding tert-OH is 1. The molecule has 1 unspecified atom stereocenters. The summed E-state index contributed by atoms with van der Waals surface area (Å²) in [6, 6.07) is 6.27. The molecule has 0 saturated carbocycles. The van der Waals surface area contributed by atoms with E-state index in [1.807, 2.05) is 13.8 Å². The average Bonchev–Trinajstić information content (AvgIpc) is 2.32. The van der Waals surface area contributed by atoms with Crippen molar-refractivity contribution in [3.8, 4) is 5.75 Å². The van der Waals surface area contributed by atoms with E-state index < -0.39 is 17.8 Å². The number of nitrogens with zero attached hydrogens (tertiary/aromatic N) is 1. The van der Waals surface area contributed by atoms with Crippen LogP contribution < -0.4 is 0 Å². The molecule has 0 bridgehead atoms. The van der Waals surface area contributed by atoms with E-state index in [9.17, 15) is 15.0 Å². The highest BCUT2D eigenvalue weighted by atomic mass is 16.6. The maximum Gasteiger partial charge on any atom is 0.410 e. The van der Waals surface area contributed by atoms with Crippen LogP contribution in [0.1, 0.15) is 46.3 Å². The van der Waals surface area contributed by atoms with Gasteiger partial charge in [-0.25, -0.2) is 4.79 Å². The molecule has 1 rings (SSSR count). The Balaban J connectivity index is 2.81. The summed E-state index contributed by atoms with van der Waals surface area (Å²) in [6.07, 6.45) is -1.34. The molecule has 5 heteroatoms. The highest BCUT2D eigenvalue weighted by Gasteiger charge is 2.26. The molecule has 0 heterocycles. The number of hydrogen-bond donors (Lipinski definition) is 2. The predicted molar refractivity (Wildman–Crippen MR) is 81.1 cm³/mol. The van der Waals surface area contributed by atoms with Crippen LogP contribution in [0.3, 0.4) is 0 Å². The molecule has 0 aliphatic heterocycles. The van der Waals surface area contributed by atoms with Crippen molar-refractivity contribution in [1.82, 2.24) is 4.90 Å². The minimum atomic E-state index is -0.882. The van der Waals surface area contributed by atoms with E-state index >= 15 is 0 Å². The van der Waals surface area contributed by atoms with Gasteiger partial charge in [-0.3, -0.25) is 0 Å². The number of carbonyl (C=O) groups excluding carboxylic acids is 1. The summed E-state index contributed by atoms with van der Waals surface area (Å²) < 4.78 is 5.35. The molecule has 0 aliphatic carbocycles. The lowest BCUT2D eigenvalue weighted by molar-refractivity contribution is 0.00725. The fourth-order valence-electron chi connectivity index (χ4n) is 1.84. The highest BCUT2D eigenvalue weighted by molar-refractivity contribution is 5.68. The van der Waals surface area contributed by atoms with Crippen molar-refractivity contribution >= 4 is 6.09 Å². The van der Waals surface area contributed by atoms with Gasteiger partial charge in [-0.1, -0.05) is 12.1 Å². The van der Waals surface area contributed by atoms with Crippen LogP contribution in [0.5, 0.6) is 5.75 Å². The Hall–Kier alpha value is -1.75. The van der Waals surface area contributed by atoms with Gasteiger partial charge >= 0.3 is 6.09 Å². The summed E-state index contributed by atoms with van der Waals surface area (Å²) >= 11 is 0. The summed E-state index contributed by atoms with van der Waals surface area (Å²) in [6.45, 7) is 9.23. The normalized spacial score (nSPS) is 13.1. The lowest BCUT2D eigenvalue weighted by Crippen LogP contribution is -2.43. The fraction of sp³-hybridized carbons (Fsp3) is 0.562. The van der Waals surface area contributed by atoms with E-state index in [-0.39, 0.29) is 18.3 Å². The molecule has 2 N–H and O–H groups in total. The monoisotopic (exact) mass is 295 g/mol. The third-order valence-electron chi connectivity index (χ3n) is 2.88. The highest BCUT2D eigenvalue weighted by Crippen LogP contribution is 2.21. The molecule has 0 fully saturated rings. The first-order valence-corrected chi connectivity index (χ1v) is 7.07. The molecular formula is C16H25NO4. The zero-order valence-corrected chi connectivity index (χ0v) is 13.3. The molecule has 0 aliphatic rings. The van der Waals surface area contributed by atoms with Crippen molar-refractivity contribution in [2.45, 2.75) is 52.4 Å². The molecule has 0 saturated heterocycles. The number of hydrogen-bond acceptors (Lipinski definition) is 4. The van der Waals surface area contributed by atoms with Crippen LogP contribution in [0.15, 0.2) is 24.3 Å². The molecule has 1 aromatic carbocycles. The van der Waals surface area contributed by atoms with Crippen molar-refractivity contribution < 1.29 is 19.7 Å². The smallest absolute Gasteiger partial charge is 0.410 e. The Labute approximate surface area is 126 Å². The lowest BCUT2D eigenvalue weighted by atomic mass is 10.1. The standard InChI is InChI=1S/C16H25NO4/c1-11(2)17(15(20)21-16(3,4)5)10-14(19)12-7-6-8-13(18)9-12/h6-9,11,14,18-19H,10H2,1-5H3. The Bertz CT molecular complexity index is 479. The van der Waals surface area contributed by atoms with E-state index in [4.69, 9.17) is 4.74 Å². The predicted octanol–water partition coefficient (Wildman–Crippen LogP) is 3.07. The van der Waals surface area contributed by atoms with Crippen LogP contribution in [0.2, 0.25) is 0 Å². The third kappa shape index (κ3) is 5.63. The number of aromatic hydroxyl groups is 1. The molecule has 21 heavy (non-hydrogen) atoms. The summed E-state index contributed by atoms with van der Waals surface area (Å²) in [5.74, 6) is 0.0833. The van der Waals surface area contributed by atoms with Crippen LogP contribution in [0, 0.1) is 0 Å². The van der Waals surface area contributed by atoms with Crippen molar-refractivity contribution in [2.75, 3.05) is 6.54 Å². The van der Waals surface area contributed by atoms with Crippen molar-refractivity contribution in [1.29, 1.82) is 0 Å². The van der Waals surface area contributed by atoms with E-state index in [2.05, 4.69) is 0 Å². The minimum Gasteiger partial charge on any atom is -0.508 e. The van der Waals surface area contributed by atoms with E-state index in [1.165, 1.54) is 17.0 Å². The van der Waals surface area contributed by atoms with Crippen molar-refractivity contribution in [3.05, 3.63) is 29.8 Å². The van der Waals surface area contributed by atoms with Crippen LogP contribution in [-0.4, -0.2) is 39.4 Å². The first-order chi connectivity index (χ1) is 9.60. The molecular weight excluding hydrogens is 270 g/mol. The lowest BCUT2D eigenvalue weighted by Gasteiger charge is -2.31. The average molecular weight is 295 g/mol. The minimum absolute atomic E-state index is 0.0833. The van der Waals surface area contributed by atoms with Gasteiger partial charge in [-0.05, 0) is 52.3 Å². The van der Waals surface area contributed by atoms with Gasteiger partial charge in [0.15, 0.2) is 0 Å². The quantitative estimate of drug-likeness (QED) is 0.895. The second-order valence-corrected chi connectivity index (χ2v) is 6.34. The molecule has 0 aromatic heterocycles. The summed E-state index contributed by atoms with van der Waals surface area (Å²) in [5.41, 5.74) is -0.0237. The fourth-order valence-corrected chi connectivity index (χ4v) is 1.84. The Morgan fingerprint density at radius 2 is 1.95 bits per heavy atom. The molecule has 0 spiro atoms. The zero-order chi connectivity index (χ0) is 16.2. The second-order valence-electron chi connectivity index (χ2n) is 6.34. The number of rotatable bonds is 4. The second kappa shape index (κ2) is 6.80. The van der Waals surface area contributed by atoms with Gasteiger partial charge < -0.3 is 19.8 Å². The maximum atomic E-state index is 12.2. The number of benzene rings is 1. The molecule has 0 radical (unpaired) electrons. The molecule has 5 nitrogen and oxygen atoms in total. The van der Waals surface area contributed by atoms with Crippen molar-refractivity contribution in [3.63, 3.8) is 0 Å². The molecule has 1 aromatic rings.